The molecular weight excluding hydrogens is 298 g/mol. The van der Waals surface area contributed by atoms with E-state index < -0.39 is 0 Å². The molecule has 0 atom stereocenters. The number of halogens is 2. The number of rotatable bonds is 3. The third kappa shape index (κ3) is 3.67. The Morgan fingerprint density at radius 2 is 1.70 bits per heavy atom. The van der Waals surface area contributed by atoms with Crippen molar-refractivity contribution in [2.24, 2.45) is 0 Å². The minimum atomic E-state index is -0.334. The van der Waals surface area contributed by atoms with Crippen molar-refractivity contribution in [3.8, 4) is 0 Å². The Morgan fingerprint density at radius 3 is 2.39 bits per heavy atom. The maximum absolute atomic E-state index is 13.8. The summed E-state index contributed by atoms with van der Waals surface area (Å²) in [4.78, 5) is 16.0. The second-order valence-corrected chi connectivity index (χ2v) is 5.63. The summed E-state index contributed by atoms with van der Waals surface area (Å²) in [5, 5.41) is 0. The van der Waals surface area contributed by atoms with Crippen LogP contribution in [0.1, 0.15) is 5.56 Å². The zero-order valence-corrected chi connectivity index (χ0v) is 12.7. The molecule has 120 valence electrons. The maximum atomic E-state index is 13.8. The molecule has 3 rings (SSSR count). The van der Waals surface area contributed by atoms with Crippen LogP contribution in [0.4, 0.5) is 14.5 Å². The van der Waals surface area contributed by atoms with Gasteiger partial charge in [0.15, 0.2) is 0 Å². The van der Waals surface area contributed by atoms with Crippen LogP contribution in [0.5, 0.6) is 0 Å². The van der Waals surface area contributed by atoms with E-state index >= 15 is 0 Å². The van der Waals surface area contributed by atoms with E-state index in [1.54, 1.807) is 35.2 Å². The number of hydrogen-bond acceptors (Lipinski definition) is 2. The smallest absolute Gasteiger partial charge is 0.227 e. The Morgan fingerprint density at radius 1 is 0.957 bits per heavy atom. The molecule has 0 radical (unpaired) electrons. The maximum Gasteiger partial charge on any atom is 0.227 e. The fourth-order valence-electron chi connectivity index (χ4n) is 2.84. The zero-order valence-electron chi connectivity index (χ0n) is 12.7. The SMILES string of the molecule is O=C(Cc1cccc(F)c1)N1CCN(c2ccccc2F)CC1. The number of amides is 1. The lowest BCUT2D eigenvalue weighted by Crippen LogP contribution is -2.49. The average molecular weight is 316 g/mol. The summed E-state index contributed by atoms with van der Waals surface area (Å²) in [6, 6.07) is 12.8. The molecule has 1 aliphatic rings. The van der Waals surface area contributed by atoms with Gasteiger partial charge in [0.2, 0.25) is 5.91 Å². The van der Waals surface area contributed by atoms with Crippen LogP contribution in [0.25, 0.3) is 0 Å². The van der Waals surface area contributed by atoms with Crippen molar-refractivity contribution in [2.45, 2.75) is 6.42 Å². The van der Waals surface area contributed by atoms with Gasteiger partial charge in [-0.2, -0.15) is 0 Å². The molecule has 23 heavy (non-hydrogen) atoms. The van der Waals surface area contributed by atoms with Crippen LogP contribution in [-0.2, 0) is 11.2 Å². The summed E-state index contributed by atoms with van der Waals surface area (Å²) in [6.07, 6.45) is 0.192. The number of benzene rings is 2. The first-order valence-electron chi connectivity index (χ1n) is 7.65. The van der Waals surface area contributed by atoms with E-state index in [1.165, 1.54) is 18.2 Å². The van der Waals surface area contributed by atoms with Crippen molar-refractivity contribution in [2.75, 3.05) is 31.1 Å². The molecule has 0 bridgehead atoms. The highest BCUT2D eigenvalue weighted by Crippen LogP contribution is 2.20. The molecule has 1 amide bonds. The molecule has 5 heteroatoms. The molecule has 0 N–H and O–H groups in total. The van der Waals surface area contributed by atoms with Gasteiger partial charge in [-0.15, -0.1) is 0 Å². The van der Waals surface area contributed by atoms with Gasteiger partial charge in [-0.25, -0.2) is 8.78 Å². The molecule has 2 aromatic rings. The van der Waals surface area contributed by atoms with Crippen molar-refractivity contribution in [1.29, 1.82) is 0 Å². The van der Waals surface area contributed by atoms with Gasteiger partial charge in [0, 0.05) is 26.2 Å². The van der Waals surface area contributed by atoms with Gasteiger partial charge in [-0.3, -0.25) is 4.79 Å². The Bertz CT molecular complexity index is 697. The minimum Gasteiger partial charge on any atom is -0.366 e. The van der Waals surface area contributed by atoms with E-state index in [1.807, 2.05) is 4.90 Å². The lowest BCUT2D eigenvalue weighted by atomic mass is 10.1. The molecule has 3 nitrogen and oxygen atoms in total. The second kappa shape index (κ2) is 6.77. The number of nitrogens with zero attached hydrogens (tertiary/aromatic N) is 2. The van der Waals surface area contributed by atoms with E-state index in [0.717, 1.165) is 0 Å². The highest BCUT2D eigenvalue weighted by molar-refractivity contribution is 5.79. The van der Waals surface area contributed by atoms with Crippen LogP contribution in [-0.4, -0.2) is 37.0 Å². The van der Waals surface area contributed by atoms with Crippen LogP contribution < -0.4 is 4.90 Å². The second-order valence-electron chi connectivity index (χ2n) is 5.63. The van der Waals surface area contributed by atoms with E-state index in [-0.39, 0.29) is 24.0 Å². The third-order valence-electron chi connectivity index (χ3n) is 4.07. The molecule has 0 spiro atoms. The van der Waals surface area contributed by atoms with Gasteiger partial charge in [0.1, 0.15) is 11.6 Å². The number of piperazine rings is 1. The fourth-order valence-corrected chi connectivity index (χ4v) is 2.84. The van der Waals surface area contributed by atoms with Crippen molar-refractivity contribution in [3.05, 3.63) is 65.7 Å². The molecule has 2 aromatic carbocycles. The van der Waals surface area contributed by atoms with Gasteiger partial charge < -0.3 is 9.80 Å². The molecule has 1 aliphatic heterocycles. The lowest BCUT2D eigenvalue weighted by Gasteiger charge is -2.36. The Labute approximate surface area is 134 Å². The number of anilines is 1. The highest BCUT2D eigenvalue weighted by atomic mass is 19.1. The van der Waals surface area contributed by atoms with Crippen LogP contribution in [0.3, 0.4) is 0 Å². The predicted molar refractivity (Wildman–Crippen MR) is 85.3 cm³/mol. The van der Waals surface area contributed by atoms with E-state index in [0.29, 0.717) is 37.4 Å². The predicted octanol–water partition coefficient (Wildman–Crippen LogP) is 2.86. The summed E-state index contributed by atoms with van der Waals surface area (Å²) in [5.74, 6) is -0.601. The summed E-state index contributed by atoms with van der Waals surface area (Å²) >= 11 is 0. The van der Waals surface area contributed by atoms with Gasteiger partial charge in [-0.05, 0) is 29.8 Å². The van der Waals surface area contributed by atoms with Crippen LogP contribution >= 0.6 is 0 Å². The van der Waals surface area contributed by atoms with Gasteiger partial charge in [0.05, 0.1) is 12.1 Å². The summed E-state index contributed by atoms with van der Waals surface area (Å²) in [6.45, 7) is 2.27. The molecule has 1 saturated heterocycles. The first-order chi connectivity index (χ1) is 11.1. The molecule has 1 heterocycles. The summed E-state index contributed by atoms with van der Waals surface area (Å²) < 4.78 is 27.0. The first-order valence-corrected chi connectivity index (χ1v) is 7.65. The molecule has 0 aliphatic carbocycles. The number of carbonyl (C=O) groups is 1. The quantitative estimate of drug-likeness (QED) is 0.869. The van der Waals surface area contributed by atoms with Crippen molar-refractivity contribution >= 4 is 11.6 Å². The van der Waals surface area contributed by atoms with Crippen LogP contribution in [0.15, 0.2) is 48.5 Å². The van der Waals surface area contributed by atoms with Crippen molar-refractivity contribution in [3.63, 3.8) is 0 Å². The monoisotopic (exact) mass is 316 g/mol. The Balaban J connectivity index is 1.58. The minimum absolute atomic E-state index is 0.0243. The van der Waals surface area contributed by atoms with E-state index in [4.69, 9.17) is 0 Å². The lowest BCUT2D eigenvalue weighted by molar-refractivity contribution is -0.130. The van der Waals surface area contributed by atoms with Gasteiger partial charge in [-0.1, -0.05) is 24.3 Å². The molecule has 1 fully saturated rings. The average Bonchev–Trinajstić information content (AvgIpc) is 2.55. The van der Waals surface area contributed by atoms with Crippen molar-refractivity contribution < 1.29 is 13.6 Å². The first kappa shape index (κ1) is 15.5. The van der Waals surface area contributed by atoms with E-state index in [9.17, 15) is 13.6 Å². The number of hydrogen-bond donors (Lipinski definition) is 0. The largest absolute Gasteiger partial charge is 0.366 e. The van der Waals surface area contributed by atoms with Crippen LogP contribution in [0, 0.1) is 11.6 Å². The van der Waals surface area contributed by atoms with Crippen molar-refractivity contribution in [1.82, 2.24) is 4.90 Å². The molecule has 0 saturated carbocycles. The summed E-state index contributed by atoms with van der Waals surface area (Å²) in [7, 11) is 0. The van der Waals surface area contributed by atoms with Gasteiger partial charge in [0.25, 0.3) is 0 Å². The highest BCUT2D eigenvalue weighted by Gasteiger charge is 2.22. The number of para-hydroxylation sites is 1. The summed E-state index contributed by atoms with van der Waals surface area (Å²) in [5.41, 5.74) is 1.25. The fraction of sp³-hybridized carbons (Fsp3) is 0.278. The Kier molecular flexibility index (Phi) is 4.55. The zero-order chi connectivity index (χ0) is 16.2. The molecule has 0 aromatic heterocycles. The number of carbonyl (C=O) groups excluding carboxylic acids is 1. The van der Waals surface area contributed by atoms with E-state index in [2.05, 4.69) is 0 Å². The normalized spacial score (nSPS) is 14.9. The molecular formula is C18H18F2N2O. The Hall–Kier alpha value is -2.43. The van der Waals surface area contributed by atoms with Crippen LogP contribution in [0.2, 0.25) is 0 Å². The topological polar surface area (TPSA) is 23.6 Å². The molecule has 0 unspecified atom stereocenters. The third-order valence-corrected chi connectivity index (χ3v) is 4.07. The standard InChI is InChI=1S/C18H18F2N2O/c19-15-5-3-4-14(12-15)13-18(23)22-10-8-21(9-11-22)17-7-2-1-6-16(17)20/h1-7,12H,8-11,13H2. The van der Waals surface area contributed by atoms with Gasteiger partial charge >= 0.3 is 0 Å².